The predicted octanol–water partition coefficient (Wildman–Crippen LogP) is 9.63. The minimum Gasteiger partial charge on any atom is -0.481 e. The SMILES string of the molecule is CCCCCCCCCCCC(=O)OC(C)C.CCCCCCCCCCCCCC(=O)O. The molecule has 198 valence electrons. The van der Waals surface area contributed by atoms with Gasteiger partial charge in [0.25, 0.3) is 0 Å². The standard InChI is InChI=1S/C15H30O2.C14H28O2/c1-4-5-6-7-8-9-10-11-12-13-15(16)17-14(2)3;1-2-3-4-5-6-7-8-9-10-11-12-13-14(15)16/h14H,4-13H2,1-3H3;2-13H2,1H3,(H,15,16). The number of ether oxygens (including phenoxy) is 1. The van der Waals surface area contributed by atoms with Crippen molar-refractivity contribution in [3.05, 3.63) is 0 Å². The summed E-state index contributed by atoms with van der Waals surface area (Å²) < 4.78 is 5.08. The number of carboxylic acids is 1. The summed E-state index contributed by atoms with van der Waals surface area (Å²) in [5, 5.41) is 8.46. The number of aliphatic carboxylic acids is 1. The molecule has 0 radical (unpaired) electrons. The van der Waals surface area contributed by atoms with E-state index in [0.717, 1.165) is 19.3 Å². The minimum absolute atomic E-state index is 0.0288. The molecule has 0 rings (SSSR count). The van der Waals surface area contributed by atoms with Crippen LogP contribution in [0.4, 0.5) is 0 Å². The summed E-state index contributed by atoms with van der Waals surface area (Å²) in [6.45, 7) is 8.29. The second-order valence-corrected chi connectivity index (χ2v) is 9.80. The van der Waals surface area contributed by atoms with Crippen molar-refractivity contribution in [3.8, 4) is 0 Å². The Hall–Kier alpha value is -1.06. The summed E-state index contributed by atoms with van der Waals surface area (Å²) in [6.07, 6.45) is 26.5. The third-order valence-electron chi connectivity index (χ3n) is 5.85. The summed E-state index contributed by atoms with van der Waals surface area (Å²) in [5.41, 5.74) is 0. The molecule has 0 atom stereocenters. The molecular formula is C29H58O4. The van der Waals surface area contributed by atoms with Gasteiger partial charge in [-0.05, 0) is 26.7 Å². The van der Waals surface area contributed by atoms with Crippen molar-refractivity contribution in [2.24, 2.45) is 0 Å². The maximum absolute atomic E-state index is 11.2. The Balaban J connectivity index is 0. The van der Waals surface area contributed by atoms with Crippen LogP contribution in [0.5, 0.6) is 0 Å². The third-order valence-corrected chi connectivity index (χ3v) is 5.85. The van der Waals surface area contributed by atoms with Crippen LogP contribution in [0.3, 0.4) is 0 Å². The van der Waals surface area contributed by atoms with E-state index in [-0.39, 0.29) is 12.1 Å². The molecule has 1 N–H and O–H groups in total. The van der Waals surface area contributed by atoms with Crippen LogP contribution in [-0.2, 0) is 14.3 Å². The molecule has 0 aliphatic carbocycles. The first kappa shape index (κ1) is 34.1. The van der Waals surface area contributed by atoms with E-state index in [2.05, 4.69) is 13.8 Å². The lowest BCUT2D eigenvalue weighted by Crippen LogP contribution is -2.10. The van der Waals surface area contributed by atoms with E-state index in [9.17, 15) is 9.59 Å². The van der Waals surface area contributed by atoms with Gasteiger partial charge in [0, 0.05) is 12.8 Å². The molecule has 0 spiro atoms. The van der Waals surface area contributed by atoms with E-state index in [1.165, 1.54) is 109 Å². The highest BCUT2D eigenvalue weighted by Gasteiger charge is 2.04. The number of carboxylic acid groups (broad SMARTS) is 1. The molecule has 0 aromatic heterocycles. The predicted molar refractivity (Wildman–Crippen MR) is 142 cm³/mol. The second-order valence-electron chi connectivity index (χ2n) is 9.80. The topological polar surface area (TPSA) is 63.6 Å². The lowest BCUT2D eigenvalue weighted by molar-refractivity contribution is -0.147. The molecule has 0 aliphatic heterocycles. The van der Waals surface area contributed by atoms with Crippen LogP contribution in [-0.4, -0.2) is 23.1 Å². The molecule has 0 saturated carbocycles. The number of carbonyl (C=O) groups excluding carboxylic acids is 1. The van der Waals surface area contributed by atoms with E-state index >= 15 is 0 Å². The summed E-state index contributed by atoms with van der Waals surface area (Å²) in [4.78, 5) is 21.5. The highest BCUT2D eigenvalue weighted by atomic mass is 16.5. The second kappa shape index (κ2) is 29.0. The highest BCUT2D eigenvalue weighted by molar-refractivity contribution is 5.69. The van der Waals surface area contributed by atoms with Gasteiger partial charge < -0.3 is 9.84 Å². The van der Waals surface area contributed by atoms with Gasteiger partial charge in [0.1, 0.15) is 0 Å². The molecule has 0 amide bonds. The highest BCUT2D eigenvalue weighted by Crippen LogP contribution is 2.12. The molecule has 0 aromatic rings. The van der Waals surface area contributed by atoms with Crippen LogP contribution in [0.25, 0.3) is 0 Å². The lowest BCUT2D eigenvalue weighted by atomic mass is 10.1. The van der Waals surface area contributed by atoms with Gasteiger partial charge in [0.05, 0.1) is 6.10 Å². The van der Waals surface area contributed by atoms with Crippen LogP contribution in [0.15, 0.2) is 0 Å². The molecule has 0 aromatic carbocycles. The first-order valence-corrected chi connectivity index (χ1v) is 14.3. The van der Waals surface area contributed by atoms with Crippen molar-refractivity contribution in [3.63, 3.8) is 0 Å². The van der Waals surface area contributed by atoms with Crippen LogP contribution < -0.4 is 0 Å². The van der Waals surface area contributed by atoms with Gasteiger partial charge in [-0.2, -0.15) is 0 Å². The van der Waals surface area contributed by atoms with Crippen molar-refractivity contribution >= 4 is 11.9 Å². The Morgan fingerprint density at radius 3 is 1.15 bits per heavy atom. The molecule has 0 bridgehead atoms. The fourth-order valence-corrected chi connectivity index (χ4v) is 3.84. The zero-order valence-corrected chi connectivity index (χ0v) is 22.8. The van der Waals surface area contributed by atoms with Gasteiger partial charge in [0.15, 0.2) is 0 Å². The van der Waals surface area contributed by atoms with Crippen LogP contribution in [0.2, 0.25) is 0 Å². The van der Waals surface area contributed by atoms with Gasteiger partial charge in [0.2, 0.25) is 0 Å². The van der Waals surface area contributed by atoms with Crippen molar-refractivity contribution in [1.29, 1.82) is 0 Å². The van der Waals surface area contributed by atoms with Gasteiger partial charge in [-0.25, -0.2) is 0 Å². The van der Waals surface area contributed by atoms with Crippen LogP contribution >= 0.6 is 0 Å². The van der Waals surface area contributed by atoms with Gasteiger partial charge >= 0.3 is 11.9 Å². The Morgan fingerprint density at radius 2 is 0.848 bits per heavy atom. The van der Waals surface area contributed by atoms with E-state index in [1.54, 1.807) is 0 Å². The third kappa shape index (κ3) is 35.7. The Morgan fingerprint density at radius 1 is 0.545 bits per heavy atom. The molecule has 0 unspecified atom stereocenters. The van der Waals surface area contributed by atoms with Gasteiger partial charge in [-0.15, -0.1) is 0 Å². The van der Waals surface area contributed by atoms with Gasteiger partial charge in [-0.1, -0.05) is 129 Å². The van der Waals surface area contributed by atoms with Crippen molar-refractivity contribution in [1.82, 2.24) is 0 Å². The van der Waals surface area contributed by atoms with E-state index < -0.39 is 5.97 Å². The smallest absolute Gasteiger partial charge is 0.306 e. The first-order chi connectivity index (χ1) is 15.9. The summed E-state index contributed by atoms with van der Waals surface area (Å²) >= 11 is 0. The molecule has 0 saturated heterocycles. The number of esters is 1. The lowest BCUT2D eigenvalue weighted by Gasteiger charge is -2.07. The summed E-state index contributed by atoms with van der Waals surface area (Å²) in [5.74, 6) is -0.695. The average Bonchev–Trinajstić information content (AvgIpc) is 2.76. The Labute approximate surface area is 206 Å². The largest absolute Gasteiger partial charge is 0.481 e. The van der Waals surface area contributed by atoms with Gasteiger partial charge in [-0.3, -0.25) is 9.59 Å². The quantitative estimate of drug-likeness (QED) is 0.119. The molecule has 33 heavy (non-hydrogen) atoms. The van der Waals surface area contributed by atoms with Crippen molar-refractivity contribution in [2.75, 3.05) is 0 Å². The van der Waals surface area contributed by atoms with E-state index in [0.29, 0.717) is 12.8 Å². The zero-order valence-electron chi connectivity index (χ0n) is 22.8. The number of hydrogen-bond acceptors (Lipinski definition) is 3. The average molecular weight is 471 g/mol. The fourth-order valence-electron chi connectivity index (χ4n) is 3.84. The Bertz CT molecular complexity index is 406. The van der Waals surface area contributed by atoms with E-state index in [4.69, 9.17) is 9.84 Å². The molecule has 0 aliphatic rings. The monoisotopic (exact) mass is 470 g/mol. The first-order valence-electron chi connectivity index (χ1n) is 14.3. The molecule has 4 nitrogen and oxygen atoms in total. The summed E-state index contributed by atoms with van der Waals surface area (Å²) in [6, 6.07) is 0. The van der Waals surface area contributed by atoms with Crippen molar-refractivity contribution in [2.45, 2.75) is 175 Å². The minimum atomic E-state index is -0.657. The molecular weight excluding hydrogens is 412 g/mol. The Kier molecular flexibility index (Phi) is 29.9. The maximum Gasteiger partial charge on any atom is 0.306 e. The number of carbonyl (C=O) groups is 2. The van der Waals surface area contributed by atoms with Crippen molar-refractivity contribution < 1.29 is 19.4 Å². The number of rotatable bonds is 23. The number of hydrogen-bond donors (Lipinski definition) is 1. The number of unbranched alkanes of at least 4 members (excludes halogenated alkanes) is 18. The molecule has 4 heteroatoms. The fraction of sp³-hybridized carbons (Fsp3) is 0.931. The maximum atomic E-state index is 11.2. The normalized spacial score (nSPS) is 10.7. The summed E-state index contributed by atoms with van der Waals surface area (Å²) in [7, 11) is 0. The van der Waals surface area contributed by atoms with E-state index in [1.807, 2.05) is 13.8 Å². The molecule has 0 heterocycles. The van der Waals surface area contributed by atoms with Crippen LogP contribution in [0.1, 0.15) is 169 Å². The molecule has 0 fully saturated rings. The van der Waals surface area contributed by atoms with Crippen LogP contribution in [0, 0.1) is 0 Å². The zero-order chi connectivity index (χ0) is 25.0.